The summed E-state index contributed by atoms with van der Waals surface area (Å²) >= 11 is 3.39. The molecular weight excluding hydrogens is 284 g/mol. The first-order chi connectivity index (χ1) is 8.08. The van der Waals surface area contributed by atoms with Crippen LogP contribution in [0.3, 0.4) is 0 Å². The van der Waals surface area contributed by atoms with Crippen LogP contribution < -0.4 is 4.90 Å². The standard InChI is InChI=1S/C12H15BrN2O2/c1-14-6-7-15(8-11(14)12(16)17)10-4-2-9(13)3-5-10/h2-5,11H,6-8H2,1H3,(H,16,17). The first kappa shape index (κ1) is 12.4. The molecule has 17 heavy (non-hydrogen) atoms. The Labute approximate surface area is 109 Å². The molecular formula is C12H15BrN2O2. The van der Waals surface area contributed by atoms with Crippen molar-refractivity contribution in [1.29, 1.82) is 0 Å². The van der Waals surface area contributed by atoms with Crippen molar-refractivity contribution in [2.45, 2.75) is 6.04 Å². The van der Waals surface area contributed by atoms with Crippen LogP contribution in [-0.4, -0.2) is 48.7 Å². The van der Waals surface area contributed by atoms with Crippen LogP contribution in [0.1, 0.15) is 0 Å². The number of hydrogen-bond acceptors (Lipinski definition) is 3. The van der Waals surface area contributed by atoms with Crippen molar-refractivity contribution in [1.82, 2.24) is 4.90 Å². The summed E-state index contributed by atoms with van der Waals surface area (Å²) in [6.45, 7) is 2.17. The number of aliphatic carboxylic acids is 1. The second-order valence-corrected chi connectivity index (χ2v) is 5.17. The minimum Gasteiger partial charge on any atom is -0.480 e. The molecule has 1 unspecified atom stereocenters. The summed E-state index contributed by atoms with van der Waals surface area (Å²) in [5.74, 6) is -0.755. The SMILES string of the molecule is CN1CCN(c2ccc(Br)cc2)CC1C(=O)O. The van der Waals surface area contributed by atoms with Gasteiger partial charge in [0.05, 0.1) is 0 Å². The van der Waals surface area contributed by atoms with Crippen molar-refractivity contribution in [3.63, 3.8) is 0 Å². The van der Waals surface area contributed by atoms with Gasteiger partial charge in [-0.3, -0.25) is 9.69 Å². The fourth-order valence-corrected chi connectivity index (χ4v) is 2.29. The first-order valence-corrected chi connectivity index (χ1v) is 6.31. The van der Waals surface area contributed by atoms with E-state index in [1.54, 1.807) is 0 Å². The first-order valence-electron chi connectivity index (χ1n) is 5.51. The van der Waals surface area contributed by atoms with Gasteiger partial charge >= 0.3 is 5.97 Å². The van der Waals surface area contributed by atoms with E-state index in [1.165, 1.54) is 0 Å². The maximum atomic E-state index is 11.1. The number of anilines is 1. The van der Waals surface area contributed by atoms with Crippen molar-refractivity contribution in [2.24, 2.45) is 0 Å². The van der Waals surface area contributed by atoms with Crippen LogP contribution in [-0.2, 0) is 4.79 Å². The zero-order valence-electron chi connectivity index (χ0n) is 9.64. The van der Waals surface area contributed by atoms with Crippen molar-refractivity contribution in [2.75, 3.05) is 31.6 Å². The number of piperazine rings is 1. The predicted molar refractivity (Wildman–Crippen MR) is 70.4 cm³/mol. The highest BCUT2D eigenvalue weighted by Crippen LogP contribution is 2.21. The second-order valence-electron chi connectivity index (χ2n) is 4.26. The van der Waals surface area contributed by atoms with Gasteiger partial charge in [-0.25, -0.2) is 0 Å². The molecule has 1 fully saturated rings. The van der Waals surface area contributed by atoms with Crippen molar-refractivity contribution in [3.8, 4) is 0 Å². The highest BCUT2D eigenvalue weighted by atomic mass is 79.9. The molecule has 1 aliphatic rings. The van der Waals surface area contributed by atoms with Crippen LogP contribution in [0, 0.1) is 0 Å². The molecule has 0 aromatic heterocycles. The second kappa shape index (κ2) is 5.06. The topological polar surface area (TPSA) is 43.8 Å². The molecule has 4 nitrogen and oxygen atoms in total. The Kier molecular flexibility index (Phi) is 3.69. The maximum absolute atomic E-state index is 11.1. The summed E-state index contributed by atoms with van der Waals surface area (Å²) in [4.78, 5) is 15.1. The molecule has 0 amide bonds. The Balaban J connectivity index is 2.13. The molecule has 0 spiro atoms. The number of carbonyl (C=O) groups is 1. The molecule has 1 atom stereocenters. The lowest BCUT2D eigenvalue weighted by molar-refractivity contribution is -0.142. The molecule has 1 aromatic rings. The number of carboxylic acids is 1. The van der Waals surface area contributed by atoms with Crippen LogP contribution in [0.5, 0.6) is 0 Å². The van der Waals surface area contributed by atoms with Crippen LogP contribution in [0.2, 0.25) is 0 Å². The van der Waals surface area contributed by atoms with Gasteiger partial charge < -0.3 is 10.0 Å². The molecule has 0 saturated carbocycles. The van der Waals surface area contributed by atoms with Crippen molar-refractivity contribution < 1.29 is 9.90 Å². The minimum atomic E-state index is -0.755. The lowest BCUT2D eigenvalue weighted by atomic mass is 10.1. The smallest absolute Gasteiger partial charge is 0.322 e. The predicted octanol–water partition coefficient (Wildman–Crippen LogP) is 1.65. The number of benzene rings is 1. The molecule has 1 aromatic carbocycles. The monoisotopic (exact) mass is 298 g/mol. The number of nitrogens with zero attached hydrogens (tertiary/aromatic N) is 2. The van der Waals surface area contributed by atoms with Gasteiger partial charge in [-0.2, -0.15) is 0 Å². The van der Waals surface area contributed by atoms with E-state index in [2.05, 4.69) is 20.8 Å². The number of carboxylic acid groups (broad SMARTS) is 1. The zero-order chi connectivity index (χ0) is 12.4. The highest BCUT2D eigenvalue weighted by Gasteiger charge is 2.29. The van der Waals surface area contributed by atoms with Crippen LogP contribution >= 0.6 is 15.9 Å². The van der Waals surface area contributed by atoms with Crippen LogP contribution in [0.15, 0.2) is 28.7 Å². The summed E-state index contributed by atoms with van der Waals surface area (Å²) in [5.41, 5.74) is 1.08. The quantitative estimate of drug-likeness (QED) is 0.902. The number of halogens is 1. The van der Waals surface area contributed by atoms with Crippen LogP contribution in [0.4, 0.5) is 5.69 Å². The summed E-state index contributed by atoms with van der Waals surface area (Å²) in [5, 5.41) is 9.14. The van der Waals surface area contributed by atoms with E-state index in [0.717, 1.165) is 23.2 Å². The third kappa shape index (κ3) is 2.79. The van der Waals surface area contributed by atoms with Crippen LogP contribution in [0.25, 0.3) is 0 Å². The molecule has 0 bridgehead atoms. The number of hydrogen-bond donors (Lipinski definition) is 1. The summed E-state index contributed by atoms with van der Waals surface area (Å²) in [6.07, 6.45) is 0. The molecule has 0 aliphatic carbocycles. The lowest BCUT2D eigenvalue weighted by Gasteiger charge is -2.38. The number of rotatable bonds is 2. The summed E-state index contributed by atoms with van der Waals surface area (Å²) in [6, 6.07) is 7.54. The van der Waals surface area contributed by atoms with Crippen molar-refractivity contribution in [3.05, 3.63) is 28.7 Å². The van der Waals surface area contributed by atoms with Gasteiger partial charge in [-0.05, 0) is 31.3 Å². The molecule has 92 valence electrons. The molecule has 1 saturated heterocycles. The fraction of sp³-hybridized carbons (Fsp3) is 0.417. The third-order valence-corrected chi connectivity index (χ3v) is 3.65. The number of likely N-dealkylation sites (N-methyl/N-ethyl adjacent to an activating group) is 1. The Morgan fingerprint density at radius 3 is 2.59 bits per heavy atom. The largest absolute Gasteiger partial charge is 0.480 e. The van der Waals surface area contributed by atoms with E-state index in [1.807, 2.05) is 36.2 Å². The van der Waals surface area contributed by atoms with Gasteiger partial charge in [0.1, 0.15) is 6.04 Å². The Hall–Kier alpha value is -1.07. The minimum absolute atomic E-state index is 0.424. The Bertz CT molecular complexity index is 407. The molecule has 1 N–H and O–H groups in total. The van der Waals surface area contributed by atoms with E-state index >= 15 is 0 Å². The molecule has 1 aliphatic heterocycles. The van der Waals surface area contributed by atoms with Crippen molar-refractivity contribution >= 4 is 27.6 Å². The summed E-state index contributed by atoms with van der Waals surface area (Å²) in [7, 11) is 1.86. The normalized spacial score (nSPS) is 21.5. The molecule has 0 radical (unpaired) electrons. The Morgan fingerprint density at radius 1 is 1.35 bits per heavy atom. The fourth-order valence-electron chi connectivity index (χ4n) is 2.03. The van der Waals surface area contributed by atoms with Gasteiger partial charge in [0, 0.05) is 29.8 Å². The molecule has 2 rings (SSSR count). The van der Waals surface area contributed by atoms with E-state index in [4.69, 9.17) is 5.11 Å². The van der Waals surface area contributed by atoms with E-state index < -0.39 is 12.0 Å². The third-order valence-electron chi connectivity index (χ3n) is 3.12. The lowest BCUT2D eigenvalue weighted by Crippen LogP contribution is -2.54. The van der Waals surface area contributed by atoms with Gasteiger partial charge in [-0.15, -0.1) is 0 Å². The van der Waals surface area contributed by atoms with Gasteiger partial charge in [-0.1, -0.05) is 15.9 Å². The van der Waals surface area contributed by atoms with Gasteiger partial charge in [0.2, 0.25) is 0 Å². The maximum Gasteiger partial charge on any atom is 0.322 e. The Morgan fingerprint density at radius 2 is 2.00 bits per heavy atom. The summed E-state index contributed by atoms with van der Waals surface area (Å²) < 4.78 is 1.03. The van der Waals surface area contributed by atoms with E-state index in [0.29, 0.717) is 6.54 Å². The van der Waals surface area contributed by atoms with E-state index in [-0.39, 0.29) is 0 Å². The average Bonchev–Trinajstić information content (AvgIpc) is 2.30. The van der Waals surface area contributed by atoms with Gasteiger partial charge in [0.25, 0.3) is 0 Å². The van der Waals surface area contributed by atoms with E-state index in [9.17, 15) is 4.79 Å². The molecule has 5 heteroatoms. The highest BCUT2D eigenvalue weighted by molar-refractivity contribution is 9.10. The zero-order valence-corrected chi connectivity index (χ0v) is 11.2. The van der Waals surface area contributed by atoms with Gasteiger partial charge in [0.15, 0.2) is 0 Å². The molecule has 1 heterocycles. The average molecular weight is 299 g/mol.